The number of hydrogen-bond donors (Lipinski definition) is 2. The van der Waals surface area contributed by atoms with Gasteiger partial charge in [0.1, 0.15) is 0 Å². The highest BCUT2D eigenvalue weighted by molar-refractivity contribution is 5.85. The Morgan fingerprint density at radius 1 is 1.30 bits per heavy atom. The summed E-state index contributed by atoms with van der Waals surface area (Å²) in [7, 11) is 0. The zero-order chi connectivity index (χ0) is 6.54. The van der Waals surface area contributed by atoms with Gasteiger partial charge in [0.15, 0.2) is 0 Å². The van der Waals surface area contributed by atoms with E-state index in [2.05, 4.69) is 12.2 Å². The van der Waals surface area contributed by atoms with Gasteiger partial charge in [0, 0.05) is 13.1 Å². The Morgan fingerprint density at radius 3 is 1.90 bits per heavy atom. The highest BCUT2D eigenvalue weighted by Gasteiger charge is 2.57. The summed E-state index contributed by atoms with van der Waals surface area (Å²) >= 11 is 0. The maximum Gasteiger partial charge on any atom is 0.0948 e. The molecule has 1 aliphatic carbocycles. The van der Waals surface area contributed by atoms with Gasteiger partial charge in [0.25, 0.3) is 0 Å². The lowest BCUT2D eigenvalue weighted by atomic mass is 9.81. The monoisotopic (exact) mass is 163 g/mol. The summed E-state index contributed by atoms with van der Waals surface area (Å²) in [5.74, 6) is 0. The topological polar surface area (TPSA) is 32.3 Å². The van der Waals surface area contributed by atoms with Crippen LogP contribution in [-0.4, -0.2) is 23.8 Å². The molecule has 1 heterocycles. The highest BCUT2D eigenvalue weighted by Crippen LogP contribution is 2.54. The first kappa shape index (κ1) is 8.31. The second kappa shape index (κ2) is 2.10. The maximum atomic E-state index is 9.75. The van der Waals surface area contributed by atoms with Gasteiger partial charge in [-0.15, -0.1) is 12.4 Å². The molecule has 0 aromatic carbocycles. The zero-order valence-electron chi connectivity index (χ0n) is 6.18. The van der Waals surface area contributed by atoms with E-state index in [0.29, 0.717) is 0 Å². The summed E-state index contributed by atoms with van der Waals surface area (Å²) in [5.41, 5.74) is -0.0642. The number of halogens is 1. The fourth-order valence-electron chi connectivity index (χ4n) is 1.44. The number of hydrogen-bond acceptors (Lipinski definition) is 2. The first-order chi connectivity index (χ1) is 4.16. The van der Waals surface area contributed by atoms with E-state index in [1.807, 2.05) is 0 Å². The van der Waals surface area contributed by atoms with Crippen molar-refractivity contribution in [2.24, 2.45) is 5.41 Å². The molecule has 2 rings (SSSR count). The molecule has 1 saturated carbocycles. The first-order valence-electron chi connectivity index (χ1n) is 3.59. The Balaban J connectivity index is 0.000000500. The predicted octanol–water partition coefficient (Wildman–Crippen LogP) is 0.543. The molecule has 1 saturated heterocycles. The Kier molecular flexibility index (Phi) is 1.74. The normalized spacial score (nSPS) is 31.8. The van der Waals surface area contributed by atoms with Gasteiger partial charge in [0.2, 0.25) is 0 Å². The van der Waals surface area contributed by atoms with Gasteiger partial charge in [-0.05, 0) is 18.3 Å². The van der Waals surface area contributed by atoms with Gasteiger partial charge in [-0.3, -0.25) is 0 Å². The van der Waals surface area contributed by atoms with E-state index in [-0.39, 0.29) is 23.4 Å². The second-order valence-electron chi connectivity index (χ2n) is 3.70. The summed E-state index contributed by atoms with van der Waals surface area (Å²) in [6.45, 7) is 3.79. The van der Waals surface area contributed by atoms with E-state index in [4.69, 9.17) is 0 Å². The quantitative estimate of drug-likeness (QED) is 0.592. The van der Waals surface area contributed by atoms with Crippen molar-refractivity contribution in [3.8, 4) is 0 Å². The Labute approximate surface area is 67.4 Å². The fourth-order valence-corrected chi connectivity index (χ4v) is 1.44. The van der Waals surface area contributed by atoms with Crippen molar-refractivity contribution in [1.82, 2.24) is 5.32 Å². The molecule has 3 heteroatoms. The Bertz CT molecular complexity index is 141. The lowest BCUT2D eigenvalue weighted by Crippen LogP contribution is -2.64. The van der Waals surface area contributed by atoms with Crippen LogP contribution in [0.1, 0.15) is 19.8 Å². The molecule has 2 fully saturated rings. The SMILES string of the molecule is CC1(C2(O)CNC2)CC1.Cl. The van der Waals surface area contributed by atoms with Crippen molar-refractivity contribution in [3.05, 3.63) is 0 Å². The van der Waals surface area contributed by atoms with Crippen molar-refractivity contribution in [3.63, 3.8) is 0 Å². The zero-order valence-corrected chi connectivity index (χ0v) is 7.00. The van der Waals surface area contributed by atoms with Gasteiger partial charge >= 0.3 is 0 Å². The van der Waals surface area contributed by atoms with Crippen LogP contribution >= 0.6 is 12.4 Å². The van der Waals surface area contributed by atoms with E-state index in [1.54, 1.807) is 0 Å². The number of nitrogens with one attached hydrogen (secondary N) is 1. The third-order valence-electron chi connectivity index (χ3n) is 2.96. The molecule has 0 unspecified atom stereocenters. The summed E-state index contributed by atoms with van der Waals surface area (Å²) in [6.07, 6.45) is 2.43. The molecule has 10 heavy (non-hydrogen) atoms. The van der Waals surface area contributed by atoms with Crippen molar-refractivity contribution in [1.29, 1.82) is 0 Å². The Hall–Kier alpha value is 0.210. The standard InChI is InChI=1S/C7H13NO.ClH/c1-6(2-3-6)7(9)4-8-5-7;/h8-9H,2-5H2,1H3;1H. The van der Waals surface area contributed by atoms with Gasteiger partial charge in [-0.25, -0.2) is 0 Å². The van der Waals surface area contributed by atoms with E-state index in [9.17, 15) is 5.11 Å². The molecule has 0 bridgehead atoms. The van der Waals surface area contributed by atoms with Gasteiger partial charge in [-0.2, -0.15) is 0 Å². The van der Waals surface area contributed by atoms with Crippen molar-refractivity contribution >= 4 is 12.4 Å². The van der Waals surface area contributed by atoms with Crippen LogP contribution in [0.2, 0.25) is 0 Å². The van der Waals surface area contributed by atoms with Crippen molar-refractivity contribution < 1.29 is 5.11 Å². The summed E-state index contributed by atoms with van der Waals surface area (Å²) in [4.78, 5) is 0. The van der Waals surface area contributed by atoms with Crippen LogP contribution < -0.4 is 5.32 Å². The molecule has 0 atom stereocenters. The van der Waals surface area contributed by atoms with Gasteiger partial charge < -0.3 is 10.4 Å². The van der Waals surface area contributed by atoms with Crippen LogP contribution in [0.3, 0.4) is 0 Å². The molecular formula is C7H14ClNO. The van der Waals surface area contributed by atoms with Crippen LogP contribution in [0.25, 0.3) is 0 Å². The van der Waals surface area contributed by atoms with Crippen LogP contribution in [0.15, 0.2) is 0 Å². The summed E-state index contributed by atoms with van der Waals surface area (Å²) < 4.78 is 0. The Morgan fingerprint density at radius 2 is 1.80 bits per heavy atom. The minimum absolute atomic E-state index is 0. The highest BCUT2D eigenvalue weighted by atomic mass is 35.5. The second-order valence-corrected chi connectivity index (χ2v) is 3.70. The summed E-state index contributed by atoms with van der Waals surface area (Å²) in [5, 5.41) is 12.8. The molecule has 2 nitrogen and oxygen atoms in total. The number of rotatable bonds is 1. The van der Waals surface area contributed by atoms with E-state index in [0.717, 1.165) is 13.1 Å². The summed E-state index contributed by atoms with van der Waals surface area (Å²) in [6, 6.07) is 0. The molecule has 0 aromatic rings. The van der Waals surface area contributed by atoms with Crippen LogP contribution in [0.5, 0.6) is 0 Å². The number of aliphatic hydroxyl groups is 1. The van der Waals surface area contributed by atoms with Crippen molar-refractivity contribution in [2.45, 2.75) is 25.4 Å². The molecule has 0 amide bonds. The van der Waals surface area contributed by atoms with Gasteiger partial charge in [-0.1, -0.05) is 6.92 Å². The molecule has 2 aliphatic rings. The van der Waals surface area contributed by atoms with E-state index in [1.165, 1.54) is 12.8 Å². The fraction of sp³-hybridized carbons (Fsp3) is 1.00. The predicted molar refractivity (Wildman–Crippen MR) is 42.4 cm³/mol. The third-order valence-corrected chi connectivity index (χ3v) is 2.96. The molecule has 0 aromatic heterocycles. The maximum absolute atomic E-state index is 9.75. The van der Waals surface area contributed by atoms with Crippen molar-refractivity contribution in [2.75, 3.05) is 13.1 Å². The average Bonchev–Trinajstić information content (AvgIpc) is 2.43. The van der Waals surface area contributed by atoms with Crippen LogP contribution in [0, 0.1) is 5.41 Å². The molecular weight excluding hydrogens is 150 g/mol. The van der Waals surface area contributed by atoms with Crippen LogP contribution in [-0.2, 0) is 0 Å². The first-order valence-corrected chi connectivity index (χ1v) is 3.59. The molecule has 1 aliphatic heterocycles. The minimum atomic E-state index is -0.340. The lowest BCUT2D eigenvalue weighted by Gasteiger charge is -2.43. The molecule has 60 valence electrons. The van der Waals surface area contributed by atoms with E-state index >= 15 is 0 Å². The third kappa shape index (κ3) is 0.865. The molecule has 0 spiro atoms. The van der Waals surface area contributed by atoms with Crippen LogP contribution in [0.4, 0.5) is 0 Å². The van der Waals surface area contributed by atoms with E-state index < -0.39 is 0 Å². The molecule has 0 radical (unpaired) electrons. The lowest BCUT2D eigenvalue weighted by molar-refractivity contribution is -0.0678. The average molecular weight is 164 g/mol. The molecule has 2 N–H and O–H groups in total. The number of β-amino-alcohol motifs (C(OH)–C–C–N with tert-alkyl or cyclic N) is 1. The largest absolute Gasteiger partial charge is 0.387 e. The minimum Gasteiger partial charge on any atom is -0.387 e. The van der Waals surface area contributed by atoms with Gasteiger partial charge in [0.05, 0.1) is 5.60 Å². The smallest absolute Gasteiger partial charge is 0.0948 e.